The summed E-state index contributed by atoms with van der Waals surface area (Å²) in [6.45, 7) is 8.21. The third kappa shape index (κ3) is 3.76. The van der Waals surface area contributed by atoms with Gasteiger partial charge in [-0.2, -0.15) is 15.0 Å². The first-order chi connectivity index (χ1) is 12.0. The maximum Gasteiger partial charge on any atom is 0.231 e. The van der Waals surface area contributed by atoms with Gasteiger partial charge in [-0.1, -0.05) is 20.8 Å². The van der Waals surface area contributed by atoms with Gasteiger partial charge in [-0.15, -0.1) is 0 Å². The molecule has 7 heteroatoms. The quantitative estimate of drug-likeness (QED) is 0.825. The van der Waals surface area contributed by atoms with Crippen LogP contribution in [0.3, 0.4) is 0 Å². The van der Waals surface area contributed by atoms with E-state index in [2.05, 4.69) is 35.6 Å². The van der Waals surface area contributed by atoms with Crippen molar-refractivity contribution in [1.29, 1.82) is 0 Å². The van der Waals surface area contributed by atoms with E-state index in [-0.39, 0.29) is 12.0 Å². The molecule has 0 N–H and O–H groups in total. The lowest BCUT2D eigenvalue weighted by Crippen LogP contribution is -2.41. The van der Waals surface area contributed by atoms with Crippen LogP contribution in [0.5, 0.6) is 0 Å². The molecule has 0 radical (unpaired) electrons. The Bertz CT molecular complexity index is 687. The van der Waals surface area contributed by atoms with E-state index in [1.165, 1.54) is 0 Å². The number of aryl methyl sites for hydroxylation is 1. The zero-order chi connectivity index (χ0) is 18.0. The van der Waals surface area contributed by atoms with Crippen LogP contribution in [0, 0.1) is 0 Å². The van der Waals surface area contributed by atoms with E-state index in [1.807, 2.05) is 31.1 Å². The van der Waals surface area contributed by atoms with Crippen molar-refractivity contribution in [2.75, 3.05) is 43.7 Å². The van der Waals surface area contributed by atoms with Crippen molar-refractivity contribution < 1.29 is 9.15 Å². The van der Waals surface area contributed by atoms with E-state index < -0.39 is 0 Å². The molecular weight excluding hydrogens is 318 g/mol. The topological polar surface area (TPSA) is 67.5 Å². The SMILES string of the molecule is CCc1ccc(C2COCCN2c2nc(C(C)C)nc(N(C)C)n2)o1. The molecule has 0 aliphatic carbocycles. The molecule has 3 heterocycles. The molecule has 0 aromatic carbocycles. The predicted molar refractivity (Wildman–Crippen MR) is 97.2 cm³/mol. The first-order valence-electron chi connectivity index (χ1n) is 8.85. The number of rotatable bonds is 5. The van der Waals surface area contributed by atoms with Crippen molar-refractivity contribution in [2.45, 2.75) is 39.2 Å². The number of aromatic nitrogens is 3. The molecule has 1 atom stereocenters. The Hall–Kier alpha value is -2.15. The van der Waals surface area contributed by atoms with Gasteiger partial charge in [-0.05, 0) is 12.1 Å². The summed E-state index contributed by atoms with van der Waals surface area (Å²) in [5.41, 5.74) is 0. The van der Waals surface area contributed by atoms with Crippen molar-refractivity contribution in [2.24, 2.45) is 0 Å². The minimum absolute atomic E-state index is 0.0218. The van der Waals surface area contributed by atoms with Crippen molar-refractivity contribution in [1.82, 2.24) is 15.0 Å². The average Bonchev–Trinajstić information content (AvgIpc) is 3.10. The molecule has 0 spiro atoms. The molecule has 1 fully saturated rings. The average molecular weight is 345 g/mol. The first kappa shape index (κ1) is 17.7. The fourth-order valence-electron chi connectivity index (χ4n) is 2.80. The van der Waals surface area contributed by atoms with Gasteiger partial charge in [0.25, 0.3) is 0 Å². The lowest BCUT2D eigenvalue weighted by Gasteiger charge is -2.34. The third-order valence-corrected chi connectivity index (χ3v) is 4.29. The van der Waals surface area contributed by atoms with E-state index in [0.29, 0.717) is 25.1 Å². The van der Waals surface area contributed by atoms with Gasteiger partial charge in [0.1, 0.15) is 23.4 Å². The fraction of sp³-hybridized carbons (Fsp3) is 0.611. The standard InChI is InChI=1S/C18H27N5O2/c1-6-13-7-8-15(25-13)14-11-24-10-9-23(14)18-20-16(12(2)3)19-17(21-18)22(4)5/h7-8,12,14H,6,9-11H2,1-5H3. The number of morpholine rings is 1. The molecule has 0 amide bonds. The van der Waals surface area contributed by atoms with Crippen molar-refractivity contribution in [3.8, 4) is 0 Å². The minimum Gasteiger partial charge on any atom is -0.464 e. The molecule has 7 nitrogen and oxygen atoms in total. The lowest BCUT2D eigenvalue weighted by molar-refractivity contribution is 0.0864. The van der Waals surface area contributed by atoms with E-state index in [9.17, 15) is 0 Å². The van der Waals surface area contributed by atoms with Gasteiger partial charge in [0.05, 0.1) is 13.2 Å². The van der Waals surface area contributed by atoms with Gasteiger partial charge in [0, 0.05) is 33.0 Å². The molecule has 1 unspecified atom stereocenters. The Kier molecular flexibility index (Phi) is 5.22. The van der Waals surface area contributed by atoms with Crippen LogP contribution in [-0.4, -0.2) is 48.8 Å². The smallest absolute Gasteiger partial charge is 0.231 e. The van der Waals surface area contributed by atoms with Gasteiger partial charge in [-0.25, -0.2) is 0 Å². The predicted octanol–water partition coefficient (Wildman–Crippen LogP) is 2.79. The summed E-state index contributed by atoms with van der Waals surface area (Å²) in [6.07, 6.45) is 0.877. The van der Waals surface area contributed by atoms with Gasteiger partial charge < -0.3 is 19.0 Å². The molecule has 2 aromatic rings. The van der Waals surface area contributed by atoms with E-state index in [0.717, 1.165) is 30.3 Å². The molecule has 2 aromatic heterocycles. The molecule has 1 aliphatic rings. The Balaban J connectivity index is 1.99. The Morgan fingerprint density at radius 2 is 2.04 bits per heavy atom. The number of hydrogen-bond acceptors (Lipinski definition) is 7. The summed E-state index contributed by atoms with van der Waals surface area (Å²) >= 11 is 0. The van der Waals surface area contributed by atoms with E-state index in [1.54, 1.807) is 0 Å². The highest BCUT2D eigenvalue weighted by Gasteiger charge is 2.30. The van der Waals surface area contributed by atoms with Crippen LogP contribution in [0.2, 0.25) is 0 Å². The third-order valence-electron chi connectivity index (χ3n) is 4.29. The molecule has 136 valence electrons. The summed E-state index contributed by atoms with van der Waals surface area (Å²) in [6, 6.07) is 4.04. The van der Waals surface area contributed by atoms with Crippen LogP contribution >= 0.6 is 0 Å². The number of anilines is 2. The molecule has 25 heavy (non-hydrogen) atoms. The van der Waals surface area contributed by atoms with E-state index >= 15 is 0 Å². The normalized spacial score (nSPS) is 18.0. The number of ether oxygens (including phenoxy) is 1. The first-order valence-corrected chi connectivity index (χ1v) is 8.85. The molecule has 1 saturated heterocycles. The monoisotopic (exact) mass is 345 g/mol. The van der Waals surface area contributed by atoms with Gasteiger partial charge in [0.15, 0.2) is 0 Å². The molecule has 0 bridgehead atoms. The highest BCUT2D eigenvalue weighted by atomic mass is 16.5. The summed E-state index contributed by atoms with van der Waals surface area (Å²) in [4.78, 5) is 18.0. The zero-order valence-electron chi connectivity index (χ0n) is 15.7. The van der Waals surface area contributed by atoms with Crippen LogP contribution in [-0.2, 0) is 11.2 Å². The second-order valence-electron chi connectivity index (χ2n) is 6.78. The molecule has 3 rings (SSSR count). The summed E-state index contributed by atoms with van der Waals surface area (Å²) < 4.78 is 11.7. The second-order valence-corrected chi connectivity index (χ2v) is 6.78. The second kappa shape index (κ2) is 7.39. The molecule has 1 aliphatic heterocycles. The number of hydrogen-bond donors (Lipinski definition) is 0. The maximum atomic E-state index is 5.98. The Morgan fingerprint density at radius 1 is 1.24 bits per heavy atom. The van der Waals surface area contributed by atoms with Crippen LogP contribution in [0.25, 0.3) is 0 Å². The largest absolute Gasteiger partial charge is 0.464 e. The van der Waals surface area contributed by atoms with Gasteiger partial charge in [-0.3, -0.25) is 0 Å². The summed E-state index contributed by atoms with van der Waals surface area (Å²) in [5.74, 6) is 4.27. The van der Waals surface area contributed by atoms with Crippen molar-refractivity contribution in [3.05, 3.63) is 29.5 Å². The van der Waals surface area contributed by atoms with Crippen LogP contribution in [0.1, 0.15) is 50.1 Å². The van der Waals surface area contributed by atoms with Crippen molar-refractivity contribution in [3.63, 3.8) is 0 Å². The van der Waals surface area contributed by atoms with Gasteiger partial charge in [0.2, 0.25) is 11.9 Å². The van der Waals surface area contributed by atoms with E-state index in [4.69, 9.17) is 14.1 Å². The number of nitrogens with zero attached hydrogens (tertiary/aromatic N) is 5. The maximum absolute atomic E-state index is 5.98. The summed E-state index contributed by atoms with van der Waals surface area (Å²) in [7, 11) is 3.89. The minimum atomic E-state index is -0.0218. The highest BCUT2D eigenvalue weighted by Crippen LogP contribution is 2.30. The van der Waals surface area contributed by atoms with Crippen molar-refractivity contribution >= 4 is 11.9 Å². The summed E-state index contributed by atoms with van der Waals surface area (Å²) in [5, 5.41) is 0. The Labute approximate surface area is 149 Å². The number of furan rings is 1. The zero-order valence-corrected chi connectivity index (χ0v) is 15.7. The lowest BCUT2D eigenvalue weighted by atomic mass is 10.2. The van der Waals surface area contributed by atoms with Crippen LogP contribution < -0.4 is 9.80 Å². The highest BCUT2D eigenvalue weighted by molar-refractivity contribution is 5.41. The van der Waals surface area contributed by atoms with Gasteiger partial charge >= 0.3 is 0 Å². The molecular formula is C18H27N5O2. The molecule has 0 saturated carbocycles. The Morgan fingerprint density at radius 3 is 2.68 bits per heavy atom. The fourth-order valence-corrected chi connectivity index (χ4v) is 2.80. The van der Waals surface area contributed by atoms with Crippen LogP contribution in [0.15, 0.2) is 16.5 Å². The van der Waals surface area contributed by atoms with Crippen LogP contribution in [0.4, 0.5) is 11.9 Å².